The highest BCUT2D eigenvalue weighted by atomic mass is 16.3. The monoisotopic (exact) mass is 238 g/mol. The molecule has 1 heterocycles. The van der Waals surface area contributed by atoms with Gasteiger partial charge in [0, 0.05) is 19.3 Å². The Morgan fingerprint density at radius 3 is 2.94 bits per heavy atom. The van der Waals surface area contributed by atoms with Crippen LogP contribution in [0.4, 0.5) is 10.5 Å². The number of anilines is 1. The van der Waals surface area contributed by atoms with Gasteiger partial charge in [-0.1, -0.05) is 0 Å². The van der Waals surface area contributed by atoms with Crippen LogP contribution in [0.15, 0.2) is 12.4 Å². The Morgan fingerprint density at radius 1 is 1.65 bits per heavy atom. The van der Waals surface area contributed by atoms with Crippen LogP contribution in [-0.2, 0) is 6.54 Å². The van der Waals surface area contributed by atoms with Crippen molar-refractivity contribution in [3.8, 4) is 0 Å². The maximum Gasteiger partial charge on any atom is 0.319 e. The molecule has 3 N–H and O–H groups in total. The molecule has 1 aromatic rings. The topological polar surface area (TPSA) is 79.2 Å². The van der Waals surface area contributed by atoms with Gasteiger partial charge in [0.25, 0.3) is 0 Å². The minimum absolute atomic E-state index is 0.305. The summed E-state index contributed by atoms with van der Waals surface area (Å²) in [5.74, 6) is 0. The fourth-order valence-corrected chi connectivity index (χ4v) is 1.78. The van der Waals surface area contributed by atoms with E-state index in [1.165, 1.54) is 0 Å². The van der Waals surface area contributed by atoms with Gasteiger partial charge in [0.05, 0.1) is 17.5 Å². The van der Waals surface area contributed by atoms with Crippen LogP contribution in [0.2, 0.25) is 0 Å². The third kappa shape index (κ3) is 2.97. The quantitative estimate of drug-likeness (QED) is 0.730. The van der Waals surface area contributed by atoms with E-state index in [0.717, 1.165) is 25.8 Å². The molecular weight excluding hydrogens is 220 g/mol. The molecule has 0 spiro atoms. The highest BCUT2D eigenvalue weighted by Gasteiger charge is 2.34. The van der Waals surface area contributed by atoms with E-state index in [4.69, 9.17) is 0 Å². The zero-order valence-electron chi connectivity index (χ0n) is 9.94. The number of nitrogens with zero attached hydrogens (tertiary/aromatic N) is 2. The van der Waals surface area contributed by atoms with E-state index >= 15 is 0 Å². The number of aromatic nitrogens is 2. The predicted octanol–water partition coefficient (Wildman–Crippen LogP) is 0.939. The summed E-state index contributed by atoms with van der Waals surface area (Å²) in [7, 11) is 0. The van der Waals surface area contributed by atoms with E-state index in [0.29, 0.717) is 12.2 Å². The molecule has 2 amide bonds. The van der Waals surface area contributed by atoms with E-state index in [-0.39, 0.29) is 6.03 Å². The van der Waals surface area contributed by atoms with Crippen molar-refractivity contribution in [1.82, 2.24) is 15.1 Å². The molecule has 1 aliphatic carbocycles. The lowest BCUT2D eigenvalue weighted by molar-refractivity contribution is -0.0287. The van der Waals surface area contributed by atoms with Gasteiger partial charge in [-0.15, -0.1) is 0 Å². The molecule has 17 heavy (non-hydrogen) atoms. The lowest BCUT2D eigenvalue weighted by atomic mass is 9.80. The molecule has 0 aliphatic heterocycles. The molecule has 0 radical (unpaired) electrons. The minimum atomic E-state index is -0.690. The molecule has 0 aromatic carbocycles. The number of urea groups is 1. The summed E-state index contributed by atoms with van der Waals surface area (Å²) >= 11 is 0. The number of hydrogen-bond acceptors (Lipinski definition) is 3. The number of aryl methyl sites for hydroxylation is 1. The van der Waals surface area contributed by atoms with Crippen molar-refractivity contribution in [1.29, 1.82) is 0 Å². The second kappa shape index (κ2) is 4.75. The van der Waals surface area contributed by atoms with Crippen LogP contribution in [0.5, 0.6) is 0 Å². The molecule has 0 unspecified atom stereocenters. The number of carbonyl (C=O) groups excluding carboxylic acids is 1. The number of carbonyl (C=O) groups is 1. The van der Waals surface area contributed by atoms with Crippen LogP contribution in [0.25, 0.3) is 0 Å². The van der Waals surface area contributed by atoms with Gasteiger partial charge in [0.2, 0.25) is 0 Å². The average molecular weight is 238 g/mol. The Labute approximate surface area is 100 Å². The van der Waals surface area contributed by atoms with Crippen LogP contribution in [-0.4, -0.2) is 33.1 Å². The molecule has 6 heteroatoms. The average Bonchev–Trinajstić information content (AvgIpc) is 2.71. The van der Waals surface area contributed by atoms with E-state index in [1.807, 2.05) is 6.92 Å². The van der Waals surface area contributed by atoms with Crippen molar-refractivity contribution in [2.24, 2.45) is 0 Å². The second-order valence-corrected chi connectivity index (χ2v) is 4.47. The summed E-state index contributed by atoms with van der Waals surface area (Å²) in [6, 6.07) is -0.305. The van der Waals surface area contributed by atoms with E-state index in [1.54, 1.807) is 17.1 Å². The van der Waals surface area contributed by atoms with Gasteiger partial charge < -0.3 is 15.7 Å². The Bertz CT molecular complexity index is 398. The van der Waals surface area contributed by atoms with Crippen molar-refractivity contribution >= 4 is 11.7 Å². The molecule has 94 valence electrons. The van der Waals surface area contributed by atoms with Crippen molar-refractivity contribution in [2.45, 2.75) is 38.3 Å². The Morgan fingerprint density at radius 2 is 2.41 bits per heavy atom. The molecule has 0 atom stereocenters. The largest absolute Gasteiger partial charge is 0.388 e. The van der Waals surface area contributed by atoms with E-state index in [9.17, 15) is 9.90 Å². The van der Waals surface area contributed by atoms with Gasteiger partial charge in [-0.3, -0.25) is 4.68 Å². The summed E-state index contributed by atoms with van der Waals surface area (Å²) < 4.78 is 1.73. The summed E-state index contributed by atoms with van der Waals surface area (Å²) in [6.07, 6.45) is 5.92. The minimum Gasteiger partial charge on any atom is -0.388 e. The summed E-state index contributed by atoms with van der Waals surface area (Å²) in [5, 5.41) is 19.2. The van der Waals surface area contributed by atoms with Gasteiger partial charge >= 0.3 is 6.03 Å². The fraction of sp³-hybridized carbons (Fsp3) is 0.636. The van der Waals surface area contributed by atoms with E-state index < -0.39 is 5.60 Å². The molecule has 1 aromatic heterocycles. The number of aliphatic hydroxyl groups is 1. The first-order chi connectivity index (χ1) is 8.11. The molecule has 6 nitrogen and oxygen atoms in total. The molecule has 0 bridgehead atoms. The standard InChI is InChI=1S/C11H18N4O2/c1-2-15-7-9(6-13-15)14-10(16)12-8-11(17)4-3-5-11/h6-7,17H,2-5,8H2,1H3,(H2,12,14,16). The van der Waals surface area contributed by atoms with Crippen molar-refractivity contribution < 1.29 is 9.90 Å². The smallest absolute Gasteiger partial charge is 0.319 e. The normalized spacial score (nSPS) is 17.3. The number of rotatable bonds is 4. The highest BCUT2D eigenvalue weighted by Crippen LogP contribution is 2.30. The van der Waals surface area contributed by atoms with Gasteiger partial charge in [-0.25, -0.2) is 4.79 Å². The van der Waals surface area contributed by atoms with Crippen molar-refractivity contribution in [3.63, 3.8) is 0 Å². The zero-order valence-corrected chi connectivity index (χ0v) is 9.94. The maximum atomic E-state index is 11.5. The third-order valence-electron chi connectivity index (χ3n) is 3.08. The summed E-state index contributed by atoms with van der Waals surface area (Å²) in [5.41, 5.74) is -0.0322. The van der Waals surface area contributed by atoms with Gasteiger partial charge in [0.1, 0.15) is 0 Å². The lowest BCUT2D eigenvalue weighted by Crippen LogP contribution is -2.48. The van der Waals surface area contributed by atoms with Gasteiger partial charge in [-0.2, -0.15) is 5.10 Å². The first-order valence-corrected chi connectivity index (χ1v) is 5.91. The van der Waals surface area contributed by atoms with Crippen molar-refractivity contribution in [2.75, 3.05) is 11.9 Å². The van der Waals surface area contributed by atoms with Crippen LogP contribution in [0, 0.1) is 0 Å². The third-order valence-corrected chi connectivity index (χ3v) is 3.08. The second-order valence-electron chi connectivity index (χ2n) is 4.47. The maximum absolute atomic E-state index is 11.5. The molecule has 1 fully saturated rings. The molecule has 0 saturated heterocycles. The lowest BCUT2D eigenvalue weighted by Gasteiger charge is -2.36. The van der Waals surface area contributed by atoms with Gasteiger partial charge in [0.15, 0.2) is 0 Å². The molecular formula is C11H18N4O2. The Hall–Kier alpha value is -1.56. The Balaban J connectivity index is 1.76. The number of nitrogens with one attached hydrogen (secondary N) is 2. The zero-order chi connectivity index (χ0) is 12.3. The molecule has 1 aliphatic rings. The SMILES string of the molecule is CCn1cc(NC(=O)NCC2(O)CCC2)cn1. The van der Waals surface area contributed by atoms with Crippen molar-refractivity contribution in [3.05, 3.63) is 12.4 Å². The van der Waals surface area contributed by atoms with Crippen LogP contribution in [0.1, 0.15) is 26.2 Å². The van der Waals surface area contributed by atoms with Crippen LogP contribution in [0.3, 0.4) is 0 Å². The summed E-state index contributed by atoms with van der Waals surface area (Å²) in [4.78, 5) is 11.5. The fourth-order valence-electron chi connectivity index (χ4n) is 1.78. The highest BCUT2D eigenvalue weighted by molar-refractivity contribution is 5.88. The summed E-state index contributed by atoms with van der Waals surface area (Å²) in [6.45, 7) is 3.05. The number of hydrogen-bond donors (Lipinski definition) is 3. The molecule has 2 rings (SSSR count). The number of amides is 2. The van der Waals surface area contributed by atoms with Gasteiger partial charge in [-0.05, 0) is 26.2 Å². The van der Waals surface area contributed by atoms with Crippen LogP contribution < -0.4 is 10.6 Å². The Kier molecular flexibility index (Phi) is 3.33. The molecule has 1 saturated carbocycles. The predicted molar refractivity (Wildman–Crippen MR) is 63.7 cm³/mol. The van der Waals surface area contributed by atoms with E-state index in [2.05, 4.69) is 15.7 Å². The first-order valence-electron chi connectivity index (χ1n) is 5.91. The first kappa shape index (κ1) is 11.9. The van der Waals surface area contributed by atoms with Crippen LogP contribution >= 0.6 is 0 Å².